The van der Waals surface area contributed by atoms with Crippen LogP contribution in [-0.4, -0.2) is 30.3 Å². The zero-order valence-electron chi connectivity index (χ0n) is 14.9. The van der Waals surface area contributed by atoms with E-state index in [1.54, 1.807) is 0 Å². The predicted octanol–water partition coefficient (Wildman–Crippen LogP) is 3.51. The molecule has 1 aliphatic heterocycles. The fraction of sp³-hybridized carbons (Fsp3) is 0.632. The molecule has 2 N–H and O–H groups in total. The van der Waals surface area contributed by atoms with Gasteiger partial charge in [-0.3, -0.25) is 0 Å². The smallest absolute Gasteiger partial charge is 0.328 e. The standard InChI is InChI=1S/C19H28N2O3/c1-13(18(22)23-15-7-5-4-6-8-15)21-12-19(2,3)24-17-10-9-14(20)11-16(17)21/h9-11,13,15H,4-8,12,20H2,1-3H3. The van der Waals surface area contributed by atoms with Crippen molar-refractivity contribution in [2.24, 2.45) is 0 Å². The molecule has 1 aliphatic carbocycles. The molecule has 0 amide bonds. The maximum absolute atomic E-state index is 12.7. The van der Waals surface area contributed by atoms with Crippen LogP contribution in [0.4, 0.5) is 11.4 Å². The highest BCUT2D eigenvalue weighted by Crippen LogP contribution is 2.39. The number of carbonyl (C=O) groups excluding carboxylic acids is 1. The molecule has 1 unspecified atom stereocenters. The maximum atomic E-state index is 12.7. The van der Waals surface area contributed by atoms with Crippen molar-refractivity contribution in [2.45, 2.75) is 70.6 Å². The molecule has 132 valence electrons. The van der Waals surface area contributed by atoms with Crippen molar-refractivity contribution in [3.8, 4) is 5.75 Å². The van der Waals surface area contributed by atoms with Gasteiger partial charge in [0, 0.05) is 5.69 Å². The Kier molecular flexibility index (Phi) is 4.61. The van der Waals surface area contributed by atoms with Gasteiger partial charge in [0.2, 0.25) is 0 Å². The van der Waals surface area contributed by atoms with Crippen LogP contribution in [0.2, 0.25) is 0 Å². The van der Waals surface area contributed by atoms with Gasteiger partial charge in [0.15, 0.2) is 0 Å². The zero-order valence-corrected chi connectivity index (χ0v) is 14.9. The van der Waals surface area contributed by atoms with Crippen molar-refractivity contribution in [1.29, 1.82) is 0 Å². The van der Waals surface area contributed by atoms with E-state index in [1.807, 2.05) is 39.0 Å². The molecule has 5 heteroatoms. The second kappa shape index (κ2) is 6.54. The van der Waals surface area contributed by atoms with Crippen LogP contribution in [0.5, 0.6) is 5.75 Å². The van der Waals surface area contributed by atoms with Gasteiger partial charge in [-0.05, 0) is 64.7 Å². The van der Waals surface area contributed by atoms with E-state index < -0.39 is 0 Å². The largest absolute Gasteiger partial charge is 0.484 e. The van der Waals surface area contributed by atoms with Gasteiger partial charge in [-0.1, -0.05) is 6.42 Å². The lowest BCUT2D eigenvalue weighted by Gasteiger charge is -2.43. The summed E-state index contributed by atoms with van der Waals surface area (Å²) in [5.41, 5.74) is 7.09. The van der Waals surface area contributed by atoms with E-state index in [9.17, 15) is 4.79 Å². The molecule has 3 rings (SSSR count). The molecule has 1 aromatic rings. The highest BCUT2D eigenvalue weighted by atomic mass is 16.5. The molecule has 0 aromatic heterocycles. The lowest BCUT2D eigenvalue weighted by Crippen LogP contribution is -2.53. The fourth-order valence-electron chi connectivity index (χ4n) is 3.59. The number of ether oxygens (including phenoxy) is 2. The first-order valence-electron chi connectivity index (χ1n) is 8.91. The Labute approximate surface area is 144 Å². The molecule has 1 atom stereocenters. The minimum Gasteiger partial charge on any atom is -0.484 e. The molecule has 1 heterocycles. The molecule has 5 nitrogen and oxygen atoms in total. The van der Waals surface area contributed by atoms with Gasteiger partial charge in [0.05, 0.1) is 12.2 Å². The van der Waals surface area contributed by atoms with Crippen molar-refractivity contribution in [1.82, 2.24) is 0 Å². The van der Waals surface area contributed by atoms with Crippen LogP contribution in [-0.2, 0) is 9.53 Å². The Morgan fingerprint density at radius 1 is 1.33 bits per heavy atom. The number of hydrogen-bond donors (Lipinski definition) is 1. The van der Waals surface area contributed by atoms with E-state index in [0.717, 1.165) is 37.1 Å². The SMILES string of the molecule is CC(C(=O)OC1CCCCC1)N1CC(C)(C)Oc2ccc(N)cc21. The van der Waals surface area contributed by atoms with E-state index in [4.69, 9.17) is 15.2 Å². The van der Waals surface area contributed by atoms with Gasteiger partial charge in [0.1, 0.15) is 23.5 Å². The third kappa shape index (κ3) is 3.60. The Hall–Kier alpha value is -1.91. The van der Waals surface area contributed by atoms with Crippen LogP contribution in [0.3, 0.4) is 0 Å². The van der Waals surface area contributed by atoms with E-state index in [-0.39, 0.29) is 23.7 Å². The Morgan fingerprint density at radius 2 is 2.04 bits per heavy atom. The second-order valence-electron chi connectivity index (χ2n) is 7.59. The van der Waals surface area contributed by atoms with Crippen LogP contribution in [0.25, 0.3) is 0 Å². The minimum atomic E-state index is -0.373. The summed E-state index contributed by atoms with van der Waals surface area (Å²) in [7, 11) is 0. The third-order valence-corrected chi connectivity index (χ3v) is 4.87. The van der Waals surface area contributed by atoms with Gasteiger partial charge in [-0.25, -0.2) is 4.79 Å². The van der Waals surface area contributed by atoms with E-state index in [0.29, 0.717) is 12.2 Å². The summed E-state index contributed by atoms with van der Waals surface area (Å²) in [6, 6.07) is 5.20. The predicted molar refractivity (Wildman–Crippen MR) is 95.3 cm³/mol. The number of nitrogens with zero attached hydrogens (tertiary/aromatic N) is 1. The summed E-state index contributed by atoms with van der Waals surface area (Å²) in [5, 5.41) is 0. The second-order valence-corrected chi connectivity index (χ2v) is 7.59. The van der Waals surface area contributed by atoms with Crippen LogP contribution >= 0.6 is 0 Å². The third-order valence-electron chi connectivity index (χ3n) is 4.87. The Morgan fingerprint density at radius 3 is 2.75 bits per heavy atom. The number of esters is 1. The summed E-state index contributed by atoms with van der Waals surface area (Å²) in [6.07, 6.45) is 5.58. The van der Waals surface area contributed by atoms with E-state index in [1.165, 1.54) is 6.42 Å². The molecule has 2 aliphatic rings. The summed E-state index contributed by atoms with van der Waals surface area (Å²) < 4.78 is 11.8. The maximum Gasteiger partial charge on any atom is 0.328 e. The van der Waals surface area contributed by atoms with Gasteiger partial charge in [-0.2, -0.15) is 0 Å². The van der Waals surface area contributed by atoms with Gasteiger partial charge in [-0.15, -0.1) is 0 Å². The highest BCUT2D eigenvalue weighted by molar-refractivity contribution is 5.82. The molecule has 1 aromatic carbocycles. The summed E-state index contributed by atoms with van der Waals surface area (Å²) in [4.78, 5) is 14.7. The van der Waals surface area contributed by atoms with Crippen molar-refractivity contribution in [2.75, 3.05) is 17.2 Å². The molecule has 1 fully saturated rings. The van der Waals surface area contributed by atoms with Crippen LogP contribution < -0.4 is 15.4 Å². The Bertz CT molecular complexity index is 609. The summed E-state index contributed by atoms with van der Waals surface area (Å²) >= 11 is 0. The van der Waals surface area contributed by atoms with Crippen LogP contribution in [0.1, 0.15) is 52.9 Å². The molecular weight excluding hydrogens is 304 g/mol. The Balaban J connectivity index is 1.79. The fourth-order valence-corrected chi connectivity index (χ4v) is 3.59. The van der Waals surface area contributed by atoms with Gasteiger partial charge < -0.3 is 20.1 Å². The average Bonchev–Trinajstić information content (AvgIpc) is 2.54. The number of rotatable bonds is 3. The topological polar surface area (TPSA) is 64.8 Å². The zero-order chi connectivity index (χ0) is 17.3. The van der Waals surface area contributed by atoms with Crippen molar-refractivity contribution in [3.05, 3.63) is 18.2 Å². The van der Waals surface area contributed by atoms with Crippen molar-refractivity contribution < 1.29 is 14.3 Å². The monoisotopic (exact) mass is 332 g/mol. The minimum absolute atomic E-state index is 0.0723. The van der Waals surface area contributed by atoms with Crippen molar-refractivity contribution >= 4 is 17.3 Å². The number of carbonyl (C=O) groups is 1. The number of benzene rings is 1. The van der Waals surface area contributed by atoms with Crippen LogP contribution in [0.15, 0.2) is 18.2 Å². The molecule has 0 spiro atoms. The van der Waals surface area contributed by atoms with Gasteiger partial charge in [0.25, 0.3) is 0 Å². The van der Waals surface area contributed by atoms with Crippen molar-refractivity contribution in [3.63, 3.8) is 0 Å². The first-order valence-corrected chi connectivity index (χ1v) is 8.91. The lowest BCUT2D eigenvalue weighted by atomic mass is 9.97. The van der Waals surface area contributed by atoms with Crippen LogP contribution in [0, 0.1) is 0 Å². The molecule has 0 bridgehead atoms. The summed E-state index contributed by atoms with van der Waals surface area (Å²) in [5.74, 6) is 0.603. The molecule has 24 heavy (non-hydrogen) atoms. The number of hydrogen-bond acceptors (Lipinski definition) is 5. The van der Waals surface area contributed by atoms with Gasteiger partial charge >= 0.3 is 5.97 Å². The summed E-state index contributed by atoms with van der Waals surface area (Å²) in [6.45, 7) is 6.57. The molecule has 1 saturated carbocycles. The quantitative estimate of drug-likeness (QED) is 0.678. The highest BCUT2D eigenvalue weighted by Gasteiger charge is 2.37. The number of fused-ring (bicyclic) bond motifs is 1. The molecule has 0 saturated heterocycles. The first-order chi connectivity index (χ1) is 11.4. The lowest BCUT2D eigenvalue weighted by molar-refractivity contribution is -0.151. The van der Waals surface area contributed by atoms with E-state index >= 15 is 0 Å². The molecular formula is C19H28N2O3. The molecule has 0 radical (unpaired) electrons. The first kappa shape index (κ1) is 16.9. The number of nitrogen functional groups attached to an aromatic ring is 1. The normalized spacial score (nSPS) is 21.5. The number of anilines is 2. The van der Waals surface area contributed by atoms with E-state index in [2.05, 4.69) is 4.90 Å². The average molecular weight is 332 g/mol. The number of nitrogens with two attached hydrogens (primary N) is 1.